The van der Waals surface area contributed by atoms with Gasteiger partial charge in [-0.3, -0.25) is 14.2 Å². The van der Waals surface area contributed by atoms with Crippen molar-refractivity contribution in [2.75, 3.05) is 18.2 Å². The number of benzene rings is 3. The van der Waals surface area contributed by atoms with Crippen molar-refractivity contribution in [3.05, 3.63) is 100 Å². The number of carbonyl (C=O) groups excluding carboxylic acids is 1. The lowest BCUT2D eigenvalue weighted by Gasteiger charge is -2.11. The molecule has 0 fully saturated rings. The standard InChI is InChI=1S/C26H20N4O4S/c1-33-19-11-5-7-16(13-19)28-24(31)22-15-21-25(35-22)29-23(27)26(32)30(21)17-8-6-12-20(14-17)34-18-9-3-2-4-10-18/h2-15H,1H3,(H2,27,29)(H,28,31). The number of fused-ring (bicyclic) bond motifs is 1. The molecule has 0 radical (unpaired) electrons. The molecule has 3 N–H and O–H groups in total. The first-order chi connectivity index (χ1) is 17.0. The highest BCUT2D eigenvalue weighted by Crippen LogP contribution is 2.29. The molecule has 8 nitrogen and oxygen atoms in total. The zero-order chi connectivity index (χ0) is 24.4. The van der Waals surface area contributed by atoms with E-state index in [0.717, 1.165) is 11.3 Å². The fourth-order valence-corrected chi connectivity index (χ4v) is 4.49. The average Bonchev–Trinajstić information content (AvgIpc) is 3.29. The van der Waals surface area contributed by atoms with Crippen LogP contribution in [0, 0.1) is 0 Å². The van der Waals surface area contributed by atoms with Gasteiger partial charge in [-0.05, 0) is 42.5 Å². The van der Waals surface area contributed by atoms with Gasteiger partial charge in [-0.1, -0.05) is 30.3 Å². The lowest BCUT2D eigenvalue weighted by Crippen LogP contribution is -2.22. The Labute approximate surface area is 204 Å². The predicted molar refractivity (Wildman–Crippen MR) is 137 cm³/mol. The summed E-state index contributed by atoms with van der Waals surface area (Å²) >= 11 is 1.15. The Bertz CT molecular complexity index is 1590. The number of methoxy groups -OCH3 is 1. The molecule has 5 rings (SSSR count). The van der Waals surface area contributed by atoms with Crippen molar-refractivity contribution in [3.63, 3.8) is 0 Å². The lowest BCUT2D eigenvalue weighted by molar-refractivity contribution is 0.103. The van der Waals surface area contributed by atoms with Crippen molar-refractivity contribution < 1.29 is 14.3 Å². The lowest BCUT2D eigenvalue weighted by atomic mass is 10.2. The second-order valence-corrected chi connectivity index (χ2v) is 8.57. The Morgan fingerprint density at radius 1 is 0.943 bits per heavy atom. The first kappa shape index (κ1) is 22.2. The van der Waals surface area contributed by atoms with Crippen LogP contribution in [0.5, 0.6) is 17.2 Å². The molecule has 0 saturated carbocycles. The molecule has 0 saturated heterocycles. The molecule has 174 valence electrons. The van der Waals surface area contributed by atoms with E-state index in [9.17, 15) is 9.59 Å². The summed E-state index contributed by atoms with van der Waals surface area (Å²) in [6.45, 7) is 0. The molecule has 0 atom stereocenters. The normalized spacial score (nSPS) is 10.8. The van der Waals surface area contributed by atoms with Crippen molar-refractivity contribution in [3.8, 4) is 22.9 Å². The van der Waals surface area contributed by atoms with E-state index in [2.05, 4.69) is 10.3 Å². The van der Waals surface area contributed by atoms with E-state index in [1.165, 1.54) is 4.57 Å². The van der Waals surface area contributed by atoms with E-state index in [-0.39, 0.29) is 11.7 Å². The van der Waals surface area contributed by atoms with Crippen LogP contribution in [-0.4, -0.2) is 22.6 Å². The zero-order valence-electron chi connectivity index (χ0n) is 18.6. The molecule has 2 heterocycles. The minimum atomic E-state index is -0.480. The van der Waals surface area contributed by atoms with Gasteiger partial charge in [-0.15, -0.1) is 11.3 Å². The molecule has 1 amide bonds. The number of nitrogens with zero attached hydrogens (tertiary/aromatic N) is 2. The molecule has 0 aliphatic rings. The quantitative estimate of drug-likeness (QED) is 0.348. The van der Waals surface area contributed by atoms with Crippen LogP contribution >= 0.6 is 11.3 Å². The van der Waals surface area contributed by atoms with E-state index >= 15 is 0 Å². The highest BCUT2D eigenvalue weighted by atomic mass is 32.1. The Balaban J connectivity index is 1.53. The maximum atomic E-state index is 13.0. The number of amides is 1. The monoisotopic (exact) mass is 484 g/mol. The number of para-hydroxylation sites is 1. The minimum absolute atomic E-state index is 0.159. The van der Waals surface area contributed by atoms with E-state index < -0.39 is 5.56 Å². The van der Waals surface area contributed by atoms with E-state index in [1.54, 1.807) is 61.7 Å². The number of carbonyl (C=O) groups is 1. The van der Waals surface area contributed by atoms with Crippen molar-refractivity contribution in [2.24, 2.45) is 0 Å². The molecule has 2 aromatic heterocycles. The number of nitrogens with two attached hydrogens (primary N) is 1. The molecule has 9 heteroatoms. The van der Waals surface area contributed by atoms with Gasteiger partial charge in [-0.25, -0.2) is 4.98 Å². The maximum absolute atomic E-state index is 13.0. The molecule has 5 aromatic rings. The number of nitrogens with one attached hydrogen (secondary N) is 1. The number of nitrogen functional groups attached to an aromatic ring is 1. The Hall–Kier alpha value is -4.63. The van der Waals surface area contributed by atoms with Crippen molar-refractivity contribution in [1.29, 1.82) is 0 Å². The first-order valence-corrected chi connectivity index (χ1v) is 11.4. The summed E-state index contributed by atoms with van der Waals surface area (Å²) in [5, 5.41) is 2.84. The molecule has 0 aliphatic carbocycles. The summed E-state index contributed by atoms with van der Waals surface area (Å²) in [5.74, 6) is 1.35. The van der Waals surface area contributed by atoms with Gasteiger partial charge in [0.05, 0.1) is 23.2 Å². The van der Waals surface area contributed by atoms with Gasteiger partial charge < -0.3 is 20.5 Å². The number of hydrogen-bond donors (Lipinski definition) is 2. The molecule has 0 bridgehead atoms. The second kappa shape index (κ2) is 9.32. The largest absolute Gasteiger partial charge is 0.497 e. The third kappa shape index (κ3) is 4.57. The van der Waals surface area contributed by atoms with Crippen molar-refractivity contribution in [1.82, 2.24) is 9.55 Å². The first-order valence-electron chi connectivity index (χ1n) is 10.6. The van der Waals surface area contributed by atoms with Crippen LogP contribution in [0.15, 0.2) is 89.7 Å². The molecular formula is C26H20N4O4S. The molecule has 0 aliphatic heterocycles. The van der Waals surface area contributed by atoms with Crippen LogP contribution in [0.2, 0.25) is 0 Å². The number of thiophene rings is 1. The zero-order valence-corrected chi connectivity index (χ0v) is 19.4. The number of ether oxygens (including phenoxy) is 2. The topological polar surface area (TPSA) is 108 Å². The van der Waals surface area contributed by atoms with Crippen molar-refractivity contribution >= 4 is 39.1 Å². The van der Waals surface area contributed by atoms with Gasteiger partial charge in [0.25, 0.3) is 11.5 Å². The fourth-order valence-electron chi connectivity index (χ4n) is 3.57. The van der Waals surface area contributed by atoms with Crippen LogP contribution < -0.4 is 26.1 Å². The van der Waals surface area contributed by atoms with Gasteiger partial charge in [0.1, 0.15) is 22.1 Å². The van der Waals surface area contributed by atoms with E-state index in [1.807, 2.05) is 30.3 Å². The van der Waals surface area contributed by atoms with Crippen LogP contribution in [0.4, 0.5) is 11.5 Å². The third-order valence-corrected chi connectivity index (χ3v) is 6.20. The van der Waals surface area contributed by atoms with Crippen LogP contribution in [0.25, 0.3) is 16.0 Å². The average molecular weight is 485 g/mol. The number of aromatic nitrogens is 2. The number of hydrogen-bond acceptors (Lipinski definition) is 7. The van der Waals surface area contributed by atoms with Gasteiger partial charge in [0, 0.05) is 17.8 Å². The molecule has 0 spiro atoms. The molecule has 35 heavy (non-hydrogen) atoms. The highest BCUT2D eigenvalue weighted by molar-refractivity contribution is 7.20. The SMILES string of the molecule is COc1cccc(NC(=O)c2cc3c(nc(N)c(=O)n3-c3cccc(Oc4ccccc4)c3)s2)c1. The summed E-state index contributed by atoms with van der Waals surface area (Å²) in [6, 6.07) is 25.1. The number of anilines is 2. The summed E-state index contributed by atoms with van der Waals surface area (Å²) < 4.78 is 12.6. The summed E-state index contributed by atoms with van der Waals surface area (Å²) in [5.41, 5.74) is 7.06. The maximum Gasteiger partial charge on any atom is 0.298 e. The van der Waals surface area contributed by atoms with Gasteiger partial charge >= 0.3 is 0 Å². The van der Waals surface area contributed by atoms with Crippen LogP contribution in [0.3, 0.4) is 0 Å². The highest BCUT2D eigenvalue weighted by Gasteiger charge is 2.18. The Morgan fingerprint density at radius 2 is 1.69 bits per heavy atom. The summed E-state index contributed by atoms with van der Waals surface area (Å²) in [6.07, 6.45) is 0. The Morgan fingerprint density at radius 3 is 2.49 bits per heavy atom. The van der Waals surface area contributed by atoms with Gasteiger partial charge in [0.15, 0.2) is 5.82 Å². The van der Waals surface area contributed by atoms with Crippen molar-refractivity contribution in [2.45, 2.75) is 0 Å². The van der Waals surface area contributed by atoms with Gasteiger partial charge in [0.2, 0.25) is 0 Å². The fraction of sp³-hybridized carbons (Fsp3) is 0.0385. The Kier molecular flexibility index (Phi) is 5.90. The summed E-state index contributed by atoms with van der Waals surface area (Å²) in [7, 11) is 1.56. The van der Waals surface area contributed by atoms with E-state index in [4.69, 9.17) is 15.2 Å². The number of rotatable bonds is 6. The van der Waals surface area contributed by atoms with Gasteiger partial charge in [-0.2, -0.15) is 0 Å². The smallest absolute Gasteiger partial charge is 0.298 e. The minimum Gasteiger partial charge on any atom is -0.497 e. The van der Waals surface area contributed by atoms with Crippen LogP contribution in [-0.2, 0) is 0 Å². The van der Waals surface area contributed by atoms with E-state index in [0.29, 0.717) is 43.8 Å². The second-order valence-electron chi connectivity index (χ2n) is 7.54. The molecule has 0 unspecified atom stereocenters. The van der Waals surface area contributed by atoms with Crippen LogP contribution in [0.1, 0.15) is 9.67 Å². The summed E-state index contributed by atoms with van der Waals surface area (Å²) in [4.78, 5) is 31.0. The molecular weight excluding hydrogens is 464 g/mol. The molecule has 3 aromatic carbocycles. The third-order valence-electron chi connectivity index (χ3n) is 5.18. The predicted octanol–water partition coefficient (Wildman–Crippen LogP) is 5.08.